The summed E-state index contributed by atoms with van der Waals surface area (Å²) in [6.45, 7) is 4.96. The van der Waals surface area contributed by atoms with Gasteiger partial charge in [0.1, 0.15) is 5.75 Å². The largest absolute Gasteiger partial charge is 0.483 e. The zero-order valence-corrected chi connectivity index (χ0v) is 16.2. The van der Waals surface area contributed by atoms with Crippen molar-refractivity contribution in [3.05, 3.63) is 59.8 Å². The van der Waals surface area contributed by atoms with Gasteiger partial charge in [0.05, 0.1) is 11.4 Å². The maximum atomic E-state index is 12.4. The maximum absolute atomic E-state index is 12.4. The number of hydrogen-bond donors (Lipinski definition) is 1. The summed E-state index contributed by atoms with van der Waals surface area (Å²) in [5.74, 6) is 1.61. The normalized spacial score (nSPS) is 12.7. The van der Waals surface area contributed by atoms with E-state index >= 15 is 0 Å². The summed E-state index contributed by atoms with van der Waals surface area (Å²) in [6.07, 6.45) is 2.05. The second-order valence-corrected chi connectivity index (χ2v) is 7.59. The van der Waals surface area contributed by atoms with Crippen LogP contribution < -0.4 is 10.1 Å². The molecule has 2 heterocycles. The number of rotatable bonds is 5. The summed E-state index contributed by atoms with van der Waals surface area (Å²) in [6, 6.07) is 13.6. The fourth-order valence-corrected chi connectivity index (χ4v) is 4.01. The summed E-state index contributed by atoms with van der Waals surface area (Å²) < 4.78 is 7.87. The molecule has 0 aliphatic carbocycles. The van der Waals surface area contributed by atoms with Crippen LogP contribution in [0.5, 0.6) is 5.75 Å². The molecule has 1 N–H and O–H groups in total. The number of benzene rings is 2. The number of para-hydroxylation sites is 1. The van der Waals surface area contributed by atoms with E-state index in [9.17, 15) is 4.79 Å². The number of imidazole rings is 1. The fourth-order valence-electron chi connectivity index (χ4n) is 3.06. The number of aryl methyl sites for hydroxylation is 2. The topological polar surface area (TPSA) is 56.1 Å². The van der Waals surface area contributed by atoms with Crippen molar-refractivity contribution in [3.63, 3.8) is 0 Å². The standard InChI is InChI=1S/C21H21N3O2S/c1-14-6-5-9-19(15(14)2)26-13-20(25)22-17-8-4-3-7-16(17)18-12-24-10-11-27-21(24)23-18/h3-9,12H,10-11,13H2,1-2H3,(H,22,25). The highest BCUT2D eigenvalue weighted by molar-refractivity contribution is 7.99. The molecule has 0 spiro atoms. The number of anilines is 1. The number of carbonyl (C=O) groups excluding carboxylic acids is 1. The number of nitrogens with one attached hydrogen (secondary N) is 1. The van der Waals surface area contributed by atoms with Gasteiger partial charge in [-0.3, -0.25) is 4.79 Å². The van der Waals surface area contributed by atoms with Crippen molar-refractivity contribution in [2.24, 2.45) is 0 Å². The van der Waals surface area contributed by atoms with Crippen LogP contribution in [0, 0.1) is 13.8 Å². The number of ether oxygens (including phenoxy) is 1. The highest BCUT2D eigenvalue weighted by atomic mass is 32.2. The molecule has 0 fully saturated rings. The lowest BCUT2D eigenvalue weighted by molar-refractivity contribution is -0.118. The minimum Gasteiger partial charge on any atom is -0.483 e. The number of carbonyl (C=O) groups is 1. The van der Waals surface area contributed by atoms with Crippen LogP contribution in [0.2, 0.25) is 0 Å². The van der Waals surface area contributed by atoms with E-state index in [4.69, 9.17) is 4.74 Å². The summed E-state index contributed by atoms with van der Waals surface area (Å²) in [4.78, 5) is 17.1. The van der Waals surface area contributed by atoms with Crippen molar-refractivity contribution < 1.29 is 9.53 Å². The smallest absolute Gasteiger partial charge is 0.262 e. The molecule has 0 bridgehead atoms. The van der Waals surface area contributed by atoms with Crippen LogP contribution in [0.3, 0.4) is 0 Å². The first-order valence-electron chi connectivity index (χ1n) is 8.90. The van der Waals surface area contributed by atoms with E-state index in [1.165, 1.54) is 0 Å². The lowest BCUT2D eigenvalue weighted by Crippen LogP contribution is -2.20. The molecular formula is C21H21N3O2S. The minimum atomic E-state index is -0.190. The average Bonchev–Trinajstić information content (AvgIpc) is 3.25. The van der Waals surface area contributed by atoms with Crippen LogP contribution in [-0.4, -0.2) is 27.8 Å². The molecule has 0 saturated carbocycles. The van der Waals surface area contributed by atoms with Gasteiger partial charge in [0, 0.05) is 24.1 Å². The molecule has 138 valence electrons. The predicted octanol–water partition coefficient (Wildman–Crippen LogP) is 4.29. The lowest BCUT2D eigenvalue weighted by Gasteiger charge is -2.12. The summed E-state index contributed by atoms with van der Waals surface area (Å²) in [5, 5.41) is 3.99. The molecule has 0 atom stereocenters. The molecule has 1 aliphatic rings. The number of aromatic nitrogens is 2. The monoisotopic (exact) mass is 379 g/mol. The molecule has 3 aromatic rings. The first-order valence-corrected chi connectivity index (χ1v) is 9.88. The zero-order valence-electron chi connectivity index (χ0n) is 15.4. The van der Waals surface area contributed by atoms with Gasteiger partial charge in [0.15, 0.2) is 11.8 Å². The number of nitrogens with zero attached hydrogens (tertiary/aromatic N) is 2. The van der Waals surface area contributed by atoms with Crippen molar-refractivity contribution in [2.45, 2.75) is 25.5 Å². The van der Waals surface area contributed by atoms with E-state index in [0.29, 0.717) is 0 Å². The third kappa shape index (κ3) is 3.71. The number of hydrogen-bond acceptors (Lipinski definition) is 4. The lowest BCUT2D eigenvalue weighted by atomic mass is 10.1. The van der Waals surface area contributed by atoms with E-state index in [2.05, 4.69) is 14.9 Å². The Labute approximate surface area is 162 Å². The van der Waals surface area contributed by atoms with Crippen molar-refractivity contribution in [1.29, 1.82) is 0 Å². The van der Waals surface area contributed by atoms with E-state index in [1.807, 2.05) is 62.5 Å². The number of amides is 1. The van der Waals surface area contributed by atoms with E-state index < -0.39 is 0 Å². The molecule has 0 saturated heterocycles. The highest BCUT2D eigenvalue weighted by Crippen LogP contribution is 2.32. The molecular weight excluding hydrogens is 358 g/mol. The summed E-state index contributed by atoms with van der Waals surface area (Å²) in [7, 11) is 0. The van der Waals surface area contributed by atoms with Gasteiger partial charge >= 0.3 is 0 Å². The Bertz CT molecular complexity index is 975. The summed E-state index contributed by atoms with van der Waals surface area (Å²) >= 11 is 1.76. The second-order valence-electron chi connectivity index (χ2n) is 6.53. The van der Waals surface area contributed by atoms with Gasteiger partial charge < -0.3 is 14.6 Å². The SMILES string of the molecule is Cc1cccc(OCC(=O)Nc2ccccc2-c2cn3c(n2)SCC3)c1C. The molecule has 1 aromatic heterocycles. The average molecular weight is 379 g/mol. The first-order chi connectivity index (χ1) is 13.1. The molecule has 5 nitrogen and oxygen atoms in total. The van der Waals surface area contributed by atoms with Gasteiger partial charge in [0.25, 0.3) is 5.91 Å². The van der Waals surface area contributed by atoms with Gasteiger partial charge in [-0.1, -0.05) is 42.1 Å². The van der Waals surface area contributed by atoms with Crippen LogP contribution in [-0.2, 0) is 11.3 Å². The molecule has 1 aliphatic heterocycles. The Hall–Kier alpha value is -2.73. The van der Waals surface area contributed by atoms with Crippen LogP contribution in [0.15, 0.2) is 53.8 Å². The fraction of sp³-hybridized carbons (Fsp3) is 0.238. The Morgan fingerprint density at radius 2 is 2.07 bits per heavy atom. The Morgan fingerprint density at radius 3 is 2.93 bits per heavy atom. The maximum Gasteiger partial charge on any atom is 0.262 e. The quantitative estimate of drug-likeness (QED) is 0.718. The van der Waals surface area contributed by atoms with Crippen molar-refractivity contribution >= 4 is 23.4 Å². The molecule has 2 aromatic carbocycles. The van der Waals surface area contributed by atoms with Gasteiger partial charge in [-0.05, 0) is 37.1 Å². The molecule has 6 heteroatoms. The Morgan fingerprint density at radius 1 is 1.22 bits per heavy atom. The molecule has 1 amide bonds. The third-order valence-corrected chi connectivity index (χ3v) is 5.66. The van der Waals surface area contributed by atoms with E-state index in [1.54, 1.807) is 11.8 Å². The second kappa shape index (κ2) is 7.48. The van der Waals surface area contributed by atoms with Crippen LogP contribution in [0.1, 0.15) is 11.1 Å². The van der Waals surface area contributed by atoms with Crippen molar-refractivity contribution in [3.8, 4) is 17.0 Å². The minimum absolute atomic E-state index is 0.0336. The van der Waals surface area contributed by atoms with E-state index in [-0.39, 0.29) is 12.5 Å². The van der Waals surface area contributed by atoms with Crippen molar-refractivity contribution in [2.75, 3.05) is 17.7 Å². The zero-order chi connectivity index (χ0) is 18.8. The van der Waals surface area contributed by atoms with Crippen molar-refractivity contribution in [1.82, 2.24) is 9.55 Å². The molecule has 4 rings (SSSR count). The molecule has 27 heavy (non-hydrogen) atoms. The van der Waals surface area contributed by atoms with Crippen LogP contribution in [0.4, 0.5) is 5.69 Å². The van der Waals surface area contributed by atoms with Gasteiger partial charge in [-0.25, -0.2) is 4.98 Å². The number of fused-ring (bicyclic) bond motifs is 1. The van der Waals surface area contributed by atoms with Crippen LogP contribution >= 0.6 is 11.8 Å². The third-order valence-electron chi connectivity index (χ3n) is 4.69. The number of thioether (sulfide) groups is 1. The van der Waals surface area contributed by atoms with Gasteiger partial charge in [0.2, 0.25) is 0 Å². The molecule has 0 radical (unpaired) electrons. The van der Waals surface area contributed by atoms with E-state index in [0.717, 1.165) is 51.3 Å². The summed E-state index contributed by atoms with van der Waals surface area (Å²) in [5.41, 5.74) is 4.73. The molecule has 0 unspecified atom stereocenters. The van der Waals surface area contributed by atoms with Crippen LogP contribution in [0.25, 0.3) is 11.3 Å². The predicted molar refractivity (Wildman–Crippen MR) is 108 cm³/mol. The Balaban J connectivity index is 1.48. The van der Waals surface area contributed by atoms with Gasteiger partial charge in [-0.2, -0.15) is 0 Å². The highest BCUT2D eigenvalue weighted by Gasteiger charge is 2.17. The Kier molecular flexibility index (Phi) is 4.90. The first kappa shape index (κ1) is 17.7. The van der Waals surface area contributed by atoms with Gasteiger partial charge in [-0.15, -0.1) is 0 Å².